The molecule has 0 radical (unpaired) electrons. The Morgan fingerprint density at radius 3 is 2.63 bits per heavy atom. The molecule has 3 nitrogen and oxygen atoms in total. The van der Waals surface area contributed by atoms with Gasteiger partial charge in [-0.1, -0.05) is 26.7 Å². The number of likely N-dealkylation sites (tertiary alicyclic amines) is 1. The Bertz CT molecular complexity index is 351. The minimum Gasteiger partial charge on any atom is -0.468 e. The van der Waals surface area contributed by atoms with E-state index in [4.69, 9.17) is 4.42 Å². The van der Waals surface area contributed by atoms with Gasteiger partial charge in [0.25, 0.3) is 0 Å². The van der Waals surface area contributed by atoms with E-state index in [1.165, 1.54) is 44.3 Å². The summed E-state index contributed by atoms with van der Waals surface area (Å²) in [4.78, 5) is 2.57. The molecule has 0 atom stereocenters. The molecule has 1 fully saturated rings. The van der Waals surface area contributed by atoms with Gasteiger partial charge in [0.2, 0.25) is 0 Å². The van der Waals surface area contributed by atoms with Crippen LogP contribution in [0, 0.1) is 5.92 Å². The summed E-state index contributed by atoms with van der Waals surface area (Å²) in [5.41, 5.74) is 1.36. The van der Waals surface area contributed by atoms with Gasteiger partial charge in [-0.15, -0.1) is 0 Å². The van der Waals surface area contributed by atoms with Gasteiger partial charge in [-0.2, -0.15) is 0 Å². The van der Waals surface area contributed by atoms with Crippen LogP contribution in [0.1, 0.15) is 50.9 Å². The Morgan fingerprint density at radius 2 is 1.95 bits per heavy atom. The highest BCUT2D eigenvalue weighted by Gasteiger charge is 2.13. The van der Waals surface area contributed by atoms with Gasteiger partial charge in [0.1, 0.15) is 5.76 Å². The van der Waals surface area contributed by atoms with Gasteiger partial charge in [-0.05, 0) is 44.5 Å². The van der Waals surface area contributed by atoms with Crippen molar-refractivity contribution in [2.75, 3.05) is 19.6 Å². The largest absolute Gasteiger partial charge is 0.468 e. The van der Waals surface area contributed by atoms with E-state index in [2.05, 4.69) is 30.1 Å². The molecule has 0 spiro atoms. The second kappa shape index (κ2) is 7.71. The molecule has 3 heteroatoms. The molecule has 2 heterocycles. The standard InChI is InChI=1S/C16H28N2O/c1-14(2)11-17-12-16-15(7-10-19-16)13-18-8-5-3-4-6-9-18/h7,10,14,17H,3-6,8-9,11-13H2,1-2H3. The monoisotopic (exact) mass is 264 g/mol. The fourth-order valence-corrected chi connectivity index (χ4v) is 2.67. The highest BCUT2D eigenvalue weighted by molar-refractivity contribution is 5.16. The van der Waals surface area contributed by atoms with E-state index < -0.39 is 0 Å². The van der Waals surface area contributed by atoms with Crippen LogP contribution in [0.4, 0.5) is 0 Å². The van der Waals surface area contributed by atoms with Gasteiger partial charge < -0.3 is 9.73 Å². The van der Waals surface area contributed by atoms with Crippen LogP contribution in [-0.2, 0) is 13.1 Å². The Hall–Kier alpha value is -0.800. The third-order valence-electron chi connectivity index (χ3n) is 3.77. The average molecular weight is 264 g/mol. The molecular formula is C16H28N2O. The smallest absolute Gasteiger partial charge is 0.122 e. The summed E-state index contributed by atoms with van der Waals surface area (Å²) in [7, 11) is 0. The van der Waals surface area contributed by atoms with E-state index in [9.17, 15) is 0 Å². The van der Waals surface area contributed by atoms with Crippen molar-refractivity contribution in [3.05, 3.63) is 23.7 Å². The zero-order chi connectivity index (χ0) is 13.5. The number of nitrogens with one attached hydrogen (secondary N) is 1. The van der Waals surface area contributed by atoms with Crippen LogP contribution >= 0.6 is 0 Å². The van der Waals surface area contributed by atoms with E-state index >= 15 is 0 Å². The van der Waals surface area contributed by atoms with Crippen molar-refractivity contribution in [3.8, 4) is 0 Å². The van der Waals surface area contributed by atoms with Crippen LogP contribution in [0.2, 0.25) is 0 Å². The van der Waals surface area contributed by atoms with Crippen LogP contribution in [0.15, 0.2) is 16.7 Å². The molecule has 1 aromatic heterocycles. The predicted octanol–water partition coefficient (Wildman–Crippen LogP) is 3.40. The van der Waals surface area contributed by atoms with E-state index in [0.29, 0.717) is 5.92 Å². The van der Waals surface area contributed by atoms with E-state index in [0.717, 1.165) is 25.4 Å². The van der Waals surface area contributed by atoms with Gasteiger partial charge >= 0.3 is 0 Å². The molecule has 1 aromatic rings. The first-order valence-electron chi connectivity index (χ1n) is 7.74. The minimum atomic E-state index is 0.684. The number of hydrogen-bond donors (Lipinski definition) is 1. The molecular weight excluding hydrogens is 236 g/mol. The number of furan rings is 1. The molecule has 0 unspecified atom stereocenters. The van der Waals surface area contributed by atoms with Crippen LogP contribution in [-0.4, -0.2) is 24.5 Å². The first-order chi connectivity index (χ1) is 9.25. The average Bonchev–Trinajstić information content (AvgIpc) is 2.64. The molecule has 0 aromatic carbocycles. The van der Waals surface area contributed by atoms with Gasteiger partial charge in [-0.25, -0.2) is 0 Å². The Morgan fingerprint density at radius 1 is 1.21 bits per heavy atom. The van der Waals surface area contributed by atoms with Gasteiger partial charge in [0, 0.05) is 12.1 Å². The van der Waals surface area contributed by atoms with Crippen molar-refractivity contribution >= 4 is 0 Å². The van der Waals surface area contributed by atoms with Crippen molar-refractivity contribution < 1.29 is 4.42 Å². The lowest BCUT2D eigenvalue weighted by Crippen LogP contribution is -2.25. The zero-order valence-electron chi connectivity index (χ0n) is 12.5. The molecule has 0 saturated carbocycles. The Balaban J connectivity index is 1.84. The van der Waals surface area contributed by atoms with E-state index in [1.54, 1.807) is 0 Å². The van der Waals surface area contributed by atoms with Crippen LogP contribution in [0.3, 0.4) is 0 Å². The molecule has 1 aliphatic rings. The normalized spacial score (nSPS) is 17.8. The van der Waals surface area contributed by atoms with Gasteiger partial charge in [-0.3, -0.25) is 4.90 Å². The maximum Gasteiger partial charge on any atom is 0.122 e. The molecule has 0 aliphatic carbocycles. The van der Waals surface area contributed by atoms with E-state index in [-0.39, 0.29) is 0 Å². The van der Waals surface area contributed by atoms with Crippen molar-refractivity contribution in [2.24, 2.45) is 5.92 Å². The highest BCUT2D eigenvalue weighted by Crippen LogP contribution is 2.17. The number of hydrogen-bond acceptors (Lipinski definition) is 3. The molecule has 0 bridgehead atoms. The summed E-state index contributed by atoms with van der Waals surface area (Å²) >= 11 is 0. The van der Waals surface area contributed by atoms with Crippen LogP contribution in [0.5, 0.6) is 0 Å². The summed E-state index contributed by atoms with van der Waals surface area (Å²) in [5.74, 6) is 1.80. The third kappa shape index (κ3) is 5.00. The molecule has 19 heavy (non-hydrogen) atoms. The number of rotatable bonds is 6. The van der Waals surface area contributed by atoms with Crippen molar-refractivity contribution in [1.29, 1.82) is 0 Å². The highest BCUT2D eigenvalue weighted by atomic mass is 16.3. The zero-order valence-corrected chi connectivity index (χ0v) is 12.5. The second-order valence-electron chi connectivity index (χ2n) is 6.08. The first-order valence-corrected chi connectivity index (χ1v) is 7.74. The maximum atomic E-state index is 5.63. The first kappa shape index (κ1) is 14.6. The fraction of sp³-hybridized carbons (Fsp3) is 0.750. The summed E-state index contributed by atoms with van der Waals surface area (Å²) in [5, 5.41) is 3.46. The van der Waals surface area contributed by atoms with Crippen LogP contribution < -0.4 is 5.32 Å². The summed E-state index contributed by atoms with van der Waals surface area (Å²) < 4.78 is 5.63. The van der Waals surface area contributed by atoms with Crippen molar-refractivity contribution in [3.63, 3.8) is 0 Å². The molecule has 108 valence electrons. The summed E-state index contributed by atoms with van der Waals surface area (Å²) in [6, 6.07) is 2.14. The van der Waals surface area contributed by atoms with Crippen molar-refractivity contribution in [1.82, 2.24) is 10.2 Å². The number of nitrogens with zero attached hydrogens (tertiary/aromatic N) is 1. The summed E-state index contributed by atoms with van der Waals surface area (Å²) in [6.45, 7) is 9.89. The molecule has 0 amide bonds. The molecule has 1 aliphatic heterocycles. The molecule has 1 N–H and O–H groups in total. The van der Waals surface area contributed by atoms with Gasteiger partial charge in [0.05, 0.1) is 12.8 Å². The third-order valence-corrected chi connectivity index (χ3v) is 3.77. The Kier molecular flexibility index (Phi) is 5.93. The quantitative estimate of drug-likeness (QED) is 0.853. The minimum absolute atomic E-state index is 0.684. The van der Waals surface area contributed by atoms with E-state index in [1.807, 2.05) is 6.26 Å². The second-order valence-corrected chi connectivity index (χ2v) is 6.08. The molecule has 1 saturated heterocycles. The predicted molar refractivity (Wildman–Crippen MR) is 79.0 cm³/mol. The Labute approximate surface area is 117 Å². The molecule has 2 rings (SSSR count). The lowest BCUT2D eigenvalue weighted by atomic mass is 10.2. The topological polar surface area (TPSA) is 28.4 Å². The van der Waals surface area contributed by atoms with Crippen LogP contribution in [0.25, 0.3) is 0 Å². The fourth-order valence-electron chi connectivity index (χ4n) is 2.67. The van der Waals surface area contributed by atoms with Crippen molar-refractivity contribution in [2.45, 2.75) is 52.6 Å². The van der Waals surface area contributed by atoms with Gasteiger partial charge in [0.15, 0.2) is 0 Å². The lowest BCUT2D eigenvalue weighted by Gasteiger charge is -2.19. The maximum absolute atomic E-state index is 5.63. The summed E-state index contributed by atoms with van der Waals surface area (Å²) in [6.07, 6.45) is 7.31. The SMILES string of the molecule is CC(C)CNCc1occc1CN1CCCCCC1. The lowest BCUT2D eigenvalue weighted by molar-refractivity contribution is 0.274.